The molecule has 0 amide bonds. The van der Waals surface area contributed by atoms with Crippen molar-refractivity contribution in [2.45, 2.75) is 38.5 Å². The van der Waals surface area contributed by atoms with Gasteiger partial charge in [-0.2, -0.15) is 0 Å². The molecule has 0 saturated carbocycles. The van der Waals surface area contributed by atoms with Gasteiger partial charge in [-0.15, -0.1) is 11.3 Å². The zero-order valence-electron chi connectivity index (χ0n) is 13.2. The Balaban J connectivity index is 0.000000277. The maximum atomic E-state index is 9.10. The molecule has 1 fully saturated rings. The molecule has 23 heavy (non-hydrogen) atoms. The van der Waals surface area contributed by atoms with Gasteiger partial charge in [0, 0.05) is 11.4 Å². The number of aryl methyl sites for hydroxylation is 1. The third kappa shape index (κ3) is 5.48. The van der Waals surface area contributed by atoms with E-state index in [9.17, 15) is 0 Å². The van der Waals surface area contributed by atoms with Gasteiger partial charge in [0.05, 0.1) is 0 Å². The molecule has 3 rings (SSSR count). The highest BCUT2D eigenvalue weighted by atomic mass is 32.1. The highest BCUT2D eigenvalue weighted by molar-refractivity contribution is 7.10. The number of likely N-dealkylation sites (tertiary alicyclic amines) is 1. The zero-order chi connectivity index (χ0) is 16.7. The summed E-state index contributed by atoms with van der Waals surface area (Å²) in [4.78, 5) is 22.4. The van der Waals surface area contributed by atoms with Crippen LogP contribution in [0.2, 0.25) is 0 Å². The van der Waals surface area contributed by atoms with E-state index in [4.69, 9.17) is 19.8 Å². The fourth-order valence-corrected chi connectivity index (χ4v) is 3.94. The van der Waals surface area contributed by atoms with Crippen molar-refractivity contribution in [2.75, 3.05) is 19.6 Å². The van der Waals surface area contributed by atoms with Crippen LogP contribution < -0.4 is 0 Å². The first-order valence-corrected chi connectivity index (χ1v) is 8.90. The molecule has 1 aliphatic carbocycles. The van der Waals surface area contributed by atoms with Gasteiger partial charge in [-0.25, -0.2) is 9.59 Å². The van der Waals surface area contributed by atoms with E-state index < -0.39 is 11.9 Å². The van der Waals surface area contributed by atoms with E-state index in [2.05, 4.69) is 22.4 Å². The van der Waals surface area contributed by atoms with Crippen LogP contribution in [0.25, 0.3) is 5.57 Å². The molecule has 126 valence electrons. The number of nitrogens with zero attached hydrogens (tertiary/aromatic N) is 1. The highest BCUT2D eigenvalue weighted by Crippen LogP contribution is 2.34. The molecule has 1 aliphatic heterocycles. The lowest BCUT2D eigenvalue weighted by molar-refractivity contribution is -0.159. The van der Waals surface area contributed by atoms with Crippen LogP contribution in [0.15, 0.2) is 17.5 Å². The molecule has 2 N–H and O–H groups in total. The number of hydrogen-bond donors (Lipinski definition) is 2. The van der Waals surface area contributed by atoms with Gasteiger partial charge >= 0.3 is 11.9 Å². The quantitative estimate of drug-likeness (QED) is 0.811. The van der Waals surface area contributed by atoms with Crippen LogP contribution in [0.4, 0.5) is 0 Å². The molecule has 2 heterocycles. The monoisotopic (exact) mass is 337 g/mol. The molecule has 2 aliphatic rings. The number of aliphatic carboxylic acids is 2. The third-order valence-corrected chi connectivity index (χ3v) is 5.15. The summed E-state index contributed by atoms with van der Waals surface area (Å²) in [7, 11) is 0. The van der Waals surface area contributed by atoms with Crippen molar-refractivity contribution in [1.29, 1.82) is 0 Å². The molecule has 0 aromatic carbocycles. The Morgan fingerprint density at radius 2 is 1.78 bits per heavy atom. The maximum Gasteiger partial charge on any atom is 0.414 e. The summed E-state index contributed by atoms with van der Waals surface area (Å²) < 4.78 is 0. The molecular weight excluding hydrogens is 314 g/mol. The molecule has 0 spiro atoms. The van der Waals surface area contributed by atoms with Gasteiger partial charge in [0.1, 0.15) is 0 Å². The van der Waals surface area contributed by atoms with Gasteiger partial charge < -0.3 is 10.2 Å². The summed E-state index contributed by atoms with van der Waals surface area (Å²) in [5.41, 5.74) is 3.16. The molecule has 1 saturated heterocycles. The summed E-state index contributed by atoms with van der Waals surface area (Å²) in [6.45, 7) is 3.78. The molecule has 1 aromatic rings. The molecule has 0 atom stereocenters. The second-order valence-corrected chi connectivity index (χ2v) is 6.81. The lowest BCUT2D eigenvalue weighted by Crippen LogP contribution is -2.29. The zero-order valence-corrected chi connectivity index (χ0v) is 14.0. The number of rotatable bonds is 2. The first-order chi connectivity index (χ1) is 11.1. The first-order valence-electron chi connectivity index (χ1n) is 8.02. The predicted octanol–water partition coefficient (Wildman–Crippen LogP) is 3.11. The largest absolute Gasteiger partial charge is 0.473 e. The molecule has 1 aromatic heterocycles. The minimum Gasteiger partial charge on any atom is -0.473 e. The lowest BCUT2D eigenvalue weighted by Gasteiger charge is -2.26. The van der Waals surface area contributed by atoms with Crippen molar-refractivity contribution in [1.82, 2.24) is 4.90 Å². The topological polar surface area (TPSA) is 77.8 Å². The van der Waals surface area contributed by atoms with Crippen molar-refractivity contribution >= 4 is 28.8 Å². The van der Waals surface area contributed by atoms with Crippen LogP contribution in [0.3, 0.4) is 0 Å². The van der Waals surface area contributed by atoms with Crippen molar-refractivity contribution in [3.05, 3.63) is 28.0 Å². The van der Waals surface area contributed by atoms with Gasteiger partial charge in [0.15, 0.2) is 0 Å². The summed E-state index contributed by atoms with van der Waals surface area (Å²) in [6.07, 6.45) is 10.7. The Labute approximate surface area is 140 Å². The van der Waals surface area contributed by atoms with Gasteiger partial charge in [-0.1, -0.05) is 12.5 Å². The standard InChI is InChI=1S/C15H21NS.C2H2O4/c1-2-9-16(10-3-1)11-7-13-5-4-6-15-14(13)8-12-17-15;3-1(4)2(5)6/h7-8,12H,1-6,9-11H2;(H,3,4)(H,5,6). The van der Waals surface area contributed by atoms with Crippen molar-refractivity contribution in [3.8, 4) is 0 Å². The SMILES string of the molecule is C(CN1CCCCC1)=C1CCCc2sccc21.O=C(O)C(=O)O. The van der Waals surface area contributed by atoms with Crippen LogP contribution in [-0.4, -0.2) is 46.7 Å². The molecule has 6 heteroatoms. The molecule has 0 radical (unpaired) electrons. The van der Waals surface area contributed by atoms with Crippen molar-refractivity contribution < 1.29 is 19.8 Å². The Bertz CT molecular complexity index is 561. The van der Waals surface area contributed by atoms with Crippen molar-refractivity contribution in [3.63, 3.8) is 0 Å². The predicted molar refractivity (Wildman–Crippen MR) is 90.8 cm³/mol. The average molecular weight is 337 g/mol. The van der Waals surface area contributed by atoms with E-state index >= 15 is 0 Å². The number of carboxylic acid groups (broad SMARTS) is 2. The normalized spacial score (nSPS) is 19.6. The molecule has 0 bridgehead atoms. The number of carboxylic acids is 2. The summed E-state index contributed by atoms with van der Waals surface area (Å²) >= 11 is 1.94. The van der Waals surface area contributed by atoms with Crippen LogP contribution in [-0.2, 0) is 16.0 Å². The van der Waals surface area contributed by atoms with Crippen molar-refractivity contribution in [2.24, 2.45) is 0 Å². The molecule has 5 nitrogen and oxygen atoms in total. The second-order valence-electron chi connectivity index (χ2n) is 5.81. The Kier molecular flexibility index (Phi) is 6.80. The van der Waals surface area contributed by atoms with Crippen LogP contribution >= 0.6 is 11.3 Å². The van der Waals surface area contributed by atoms with Gasteiger partial charge in [0.25, 0.3) is 0 Å². The maximum absolute atomic E-state index is 9.10. The Morgan fingerprint density at radius 3 is 2.43 bits per heavy atom. The minimum atomic E-state index is -1.82. The van der Waals surface area contributed by atoms with E-state index in [1.165, 1.54) is 58.2 Å². The summed E-state index contributed by atoms with van der Waals surface area (Å²) in [6, 6.07) is 2.32. The molecule has 0 unspecified atom stereocenters. The number of fused-ring (bicyclic) bond motifs is 1. The van der Waals surface area contributed by atoms with E-state index in [1.807, 2.05) is 11.3 Å². The van der Waals surface area contributed by atoms with E-state index in [1.54, 1.807) is 16.0 Å². The Morgan fingerprint density at radius 1 is 1.09 bits per heavy atom. The fourth-order valence-electron chi connectivity index (χ4n) is 2.99. The van der Waals surface area contributed by atoms with Gasteiger partial charge in [-0.05, 0) is 67.8 Å². The minimum absolute atomic E-state index is 1.17. The fraction of sp³-hybridized carbons (Fsp3) is 0.529. The third-order valence-electron chi connectivity index (χ3n) is 4.17. The number of piperidine rings is 1. The van der Waals surface area contributed by atoms with E-state index in [0.29, 0.717) is 0 Å². The average Bonchev–Trinajstić information content (AvgIpc) is 3.03. The van der Waals surface area contributed by atoms with E-state index in [0.717, 1.165) is 0 Å². The van der Waals surface area contributed by atoms with Gasteiger partial charge in [-0.3, -0.25) is 4.90 Å². The number of allylic oxidation sites excluding steroid dienone is 1. The summed E-state index contributed by atoms with van der Waals surface area (Å²) in [5, 5.41) is 17.0. The van der Waals surface area contributed by atoms with Crippen LogP contribution in [0.1, 0.15) is 42.5 Å². The first kappa shape index (κ1) is 17.7. The Hall–Kier alpha value is -1.66. The van der Waals surface area contributed by atoms with Crippen LogP contribution in [0, 0.1) is 0 Å². The highest BCUT2D eigenvalue weighted by Gasteiger charge is 2.15. The number of hydrogen-bond acceptors (Lipinski definition) is 4. The second kappa shape index (κ2) is 8.84. The smallest absolute Gasteiger partial charge is 0.414 e. The molecular formula is C17H23NO4S. The van der Waals surface area contributed by atoms with Crippen LogP contribution in [0.5, 0.6) is 0 Å². The van der Waals surface area contributed by atoms with E-state index in [-0.39, 0.29) is 0 Å². The van der Waals surface area contributed by atoms with Gasteiger partial charge in [0.2, 0.25) is 0 Å². The number of carbonyl (C=O) groups is 2. The number of thiophene rings is 1. The summed E-state index contributed by atoms with van der Waals surface area (Å²) in [5.74, 6) is -3.65. The lowest BCUT2D eigenvalue weighted by atomic mass is 9.93.